The summed E-state index contributed by atoms with van der Waals surface area (Å²) in [6, 6.07) is 36.6. The first-order valence-corrected chi connectivity index (χ1v) is 22.2. The lowest BCUT2D eigenvalue weighted by molar-refractivity contribution is -0.385. The van der Waals surface area contributed by atoms with E-state index in [2.05, 4.69) is 35.8 Å². The van der Waals surface area contributed by atoms with Crippen molar-refractivity contribution in [2.45, 2.75) is 26.3 Å². The number of aromatic nitrogens is 3. The van der Waals surface area contributed by atoms with Crippen LogP contribution in [0.3, 0.4) is 0 Å². The third kappa shape index (κ3) is 9.04. The Hall–Kier alpha value is -8.68. The molecule has 0 aliphatic rings. The molecule has 0 fully saturated rings. The maximum Gasteiger partial charge on any atom is 0.269 e. The second-order valence-corrected chi connectivity index (χ2v) is 17.1. The molecule has 6 aromatic carbocycles. The number of thiazole rings is 2. The van der Waals surface area contributed by atoms with E-state index in [0.717, 1.165) is 52.3 Å². The van der Waals surface area contributed by atoms with E-state index in [1.165, 1.54) is 71.2 Å². The highest BCUT2D eigenvalue weighted by molar-refractivity contribution is 7.19. The third-order valence-corrected chi connectivity index (χ3v) is 12.9. The van der Waals surface area contributed by atoms with Gasteiger partial charge in [-0.25, -0.2) is 20.0 Å². The number of fused-ring (bicyclic) bond motifs is 3. The highest BCUT2D eigenvalue weighted by Crippen LogP contribution is 2.43. The quantitative estimate of drug-likeness (QED) is 0.0536. The van der Waals surface area contributed by atoms with Crippen LogP contribution in [0.2, 0.25) is 0 Å². The Morgan fingerprint density at radius 2 is 0.851 bits per heavy atom. The largest absolute Gasteiger partial charge is 0.340 e. The number of rotatable bonds is 15. The van der Waals surface area contributed by atoms with Crippen molar-refractivity contribution < 1.29 is 19.7 Å². The smallest absolute Gasteiger partial charge is 0.269 e. The van der Waals surface area contributed by atoms with Crippen molar-refractivity contribution in [2.24, 2.45) is 9.98 Å². The molecule has 0 spiro atoms. The molecule has 0 bridgehead atoms. The number of benzene rings is 6. The zero-order valence-electron chi connectivity index (χ0n) is 35.1. The van der Waals surface area contributed by atoms with Crippen molar-refractivity contribution >= 4 is 89.9 Å². The van der Waals surface area contributed by atoms with E-state index in [-0.39, 0.29) is 22.7 Å². The van der Waals surface area contributed by atoms with E-state index in [1.54, 1.807) is 61.0 Å². The van der Waals surface area contributed by atoms with E-state index >= 15 is 0 Å². The van der Waals surface area contributed by atoms with E-state index in [0.29, 0.717) is 53.7 Å². The van der Waals surface area contributed by atoms with Crippen LogP contribution in [-0.4, -0.2) is 46.7 Å². The zero-order valence-corrected chi connectivity index (χ0v) is 36.7. The summed E-state index contributed by atoms with van der Waals surface area (Å²) in [5, 5.41) is 48.3. The first kappa shape index (κ1) is 43.6. The molecule has 9 aromatic rings. The molecule has 3 aromatic heterocycles. The average molecular weight is 928 g/mol. The van der Waals surface area contributed by atoms with Crippen LogP contribution in [0.1, 0.15) is 30.9 Å². The molecule has 3 heterocycles. The van der Waals surface area contributed by atoms with Crippen LogP contribution in [0.5, 0.6) is 0 Å². The van der Waals surface area contributed by atoms with Crippen LogP contribution >= 0.6 is 22.7 Å². The van der Waals surface area contributed by atoms with Crippen molar-refractivity contribution in [1.29, 1.82) is 0 Å². The molecule has 0 atom stereocenters. The molecule has 9 rings (SSSR count). The van der Waals surface area contributed by atoms with Gasteiger partial charge in [-0.15, -0.1) is 0 Å². The van der Waals surface area contributed by atoms with Crippen LogP contribution in [-0.2, 0) is 6.54 Å². The number of unbranched alkanes of at least 4 members (excludes halogenated alkanes) is 1. The summed E-state index contributed by atoms with van der Waals surface area (Å²) < 4.78 is 2.30. The van der Waals surface area contributed by atoms with Crippen molar-refractivity contribution in [2.75, 3.05) is 0 Å². The predicted molar refractivity (Wildman–Crippen MR) is 261 cm³/mol. The Labute approximate surface area is 387 Å². The van der Waals surface area contributed by atoms with Gasteiger partial charge >= 0.3 is 0 Å². The van der Waals surface area contributed by atoms with Gasteiger partial charge < -0.3 is 4.57 Å². The number of hydrogen-bond acceptors (Lipinski definition) is 14. The number of nitrogens with zero attached hydrogens (tertiary/aromatic N) is 9. The van der Waals surface area contributed by atoms with Gasteiger partial charge in [-0.05, 0) is 101 Å². The second-order valence-electron chi connectivity index (χ2n) is 15.1. The Bertz CT molecular complexity index is 3080. The molecule has 0 saturated heterocycles. The molecule has 17 nitrogen and oxygen atoms in total. The van der Waals surface area contributed by atoms with Crippen LogP contribution < -0.4 is 0 Å². The van der Waals surface area contributed by atoms with Crippen LogP contribution in [0, 0.1) is 40.5 Å². The van der Waals surface area contributed by atoms with E-state index < -0.39 is 19.7 Å². The summed E-state index contributed by atoms with van der Waals surface area (Å²) in [5.74, 6) is 0. The van der Waals surface area contributed by atoms with E-state index in [4.69, 9.17) is 20.0 Å². The van der Waals surface area contributed by atoms with Gasteiger partial charge in [0.15, 0.2) is 0 Å². The van der Waals surface area contributed by atoms with Gasteiger partial charge in [-0.3, -0.25) is 40.5 Å². The summed E-state index contributed by atoms with van der Waals surface area (Å²) in [7, 11) is 0. The van der Waals surface area contributed by atoms with Crippen LogP contribution in [0.15, 0.2) is 143 Å². The fraction of sp³-hybridized carbons (Fsp3) is 0.0833. The molecule has 67 heavy (non-hydrogen) atoms. The van der Waals surface area contributed by atoms with E-state index in [1.807, 2.05) is 12.1 Å². The molecule has 19 heteroatoms. The van der Waals surface area contributed by atoms with Crippen LogP contribution in [0.25, 0.3) is 65.2 Å². The maximum atomic E-state index is 11.4. The Balaban J connectivity index is 1.07. The standard InChI is InChI=1S/C48H33N9O8S2/c1-2-3-24-53-41-22-4-29(27-49-47-51-43(31-6-14-35(15-7-31)54(58)59)45(66-47)33-10-18-37(19-11-33)56(62)63)25-39(41)40-26-30(5-23-42(40)53)28-50-48-52-44(32-8-16-36(17-9-32)55(60)61)46(67-48)34-12-20-38(21-13-34)57(64)65/h4-23,25-28H,2-3,24H2,1H3/b49-27+,50-28+. The normalized spacial score (nSPS) is 11.6. The van der Waals surface area contributed by atoms with Crippen molar-refractivity contribution in [1.82, 2.24) is 14.5 Å². The Morgan fingerprint density at radius 1 is 0.507 bits per heavy atom. The Morgan fingerprint density at radius 3 is 1.18 bits per heavy atom. The molecule has 0 amide bonds. The van der Waals surface area contributed by atoms with Crippen molar-refractivity contribution in [3.05, 3.63) is 185 Å². The summed E-state index contributed by atoms with van der Waals surface area (Å²) in [6.07, 6.45) is 5.44. The van der Waals surface area contributed by atoms with Crippen molar-refractivity contribution in [3.63, 3.8) is 0 Å². The van der Waals surface area contributed by atoms with Gasteiger partial charge in [-0.2, -0.15) is 0 Å². The van der Waals surface area contributed by atoms with Gasteiger partial charge in [0.05, 0.1) is 40.8 Å². The zero-order chi connectivity index (χ0) is 46.8. The number of nitro groups is 4. The lowest BCUT2D eigenvalue weighted by Crippen LogP contribution is -1.97. The highest BCUT2D eigenvalue weighted by Gasteiger charge is 2.20. The van der Waals surface area contributed by atoms with Gasteiger partial charge in [0, 0.05) is 100 Å². The minimum Gasteiger partial charge on any atom is -0.340 e. The predicted octanol–water partition coefficient (Wildman–Crippen LogP) is 13.3. The number of non-ortho nitro benzene ring substituents is 4. The summed E-state index contributed by atoms with van der Waals surface area (Å²) in [6.45, 7) is 2.96. The molecule has 330 valence electrons. The Kier molecular flexibility index (Phi) is 12.0. The summed E-state index contributed by atoms with van der Waals surface area (Å²) in [4.78, 5) is 64.2. The highest BCUT2D eigenvalue weighted by atomic mass is 32.1. The van der Waals surface area contributed by atoms with Crippen molar-refractivity contribution in [3.8, 4) is 43.4 Å². The SMILES string of the molecule is CCCCn1c2ccc(/C=N/c3nc(-c4ccc([N+](=O)[O-])cc4)c(-c4ccc([N+](=O)[O-])cc4)s3)cc2c2cc(/C=N/c3nc(-c4ccc([N+](=O)[O-])cc4)c(-c4ccc([N+](=O)[O-])cc4)s3)ccc21. The first-order valence-electron chi connectivity index (χ1n) is 20.6. The van der Waals surface area contributed by atoms with Gasteiger partial charge in [-0.1, -0.05) is 48.2 Å². The summed E-state index contributed by atoms with van der Waals surface area (Å²) in [5.41, 5.74) is 7.16. The molecular formula is C48H33N9O8S2. The second kappa shape index (κ2) is 18.4. The molecule has 0 N–H and O–H groups in total. The fourth-order valence-electron chi connectivity index (χ4n) is 7.58. The molecular weight excluding hydrogens is 895 g/mol. The average Bonchev–Trinajstić information content (AvgIpc) is 4.06. The molecule has 0 aliphatic carbocycles. The maximum absolute atomic E-state index is 11.4. The number of aryl methyl sites for hydroxylation is 1. The monoisotopic (exact) mass is 927 g/mol. The van der Waals surface area contributed by atoms with Gasteiger partial charge in [0.2, 0.25) is 10.3 Å². The molecule has 0 aliphatic heterocycles. The molecule has 0 unspecified atom stereocenters. The first-order chi connectivity index (χ1) is 32.4. The summed E-state index contributed by atoms with van der Waals surface area (Å²) >= 11 is 2.59. The molecule has 0 saturated carbocycles. The number of hydrogen-bond donors (Lipinski definition) is 0. The van der Waals surface area contributed by atoms with Gasteiger partial charge in [0.1, 0.15) is 0 Å². The topological polar surface area (TPSA) is 228 Å². The minimum atomic E-state index is -0.475. The third-order valence-electron chi connectivity index (χ3n) is 10.9. The number of aliphatic imine (C=N–C) groups is 2. The number of nitro benzene ring substituents is 4. The lowest BCUT2D eigenvalue weighted by atomic mass is 10.1. The van der Waals surface area contributed by atoms with Crippen LogP contribution in [0.4, 0.5) is 33.0 Å². The minimum absolute atomic E-state index is 0.0559. The molecule has 0 radical (unpaired) electrons. The lowest BCUT2D eigenvalue weighted by Gasteiger charge is -2.06. The fourth-order valence-corrected chi connectivity index (χ4v) is 9.46. The van der Waals surface area contributed by atoms with Gasteiger partial charge in [0.25, 0.3) is 22.7 Å². The van der Waals surface area contributed by atoms with E-state index in [9.17, 15) is 40.5 Å².